The van der Waals surface area contributed by atoms with Gasteiger partial charge in [0.1, 0.15) is 0 Å². The van der Waals surface area contributed by atoms with Gasteiger partial charge in [-0.05, 0) is 47.8 Å². The molecule has 2 unspecified atom stereocenters. The number of hydrogen-bond donors (Lipinski definition) is 0. The van der Waals surface area contributed by atoms with E-state index in [1.165, 1.54) is 31.4 Å². The Morgan fingerprint density at radius 3 is 2.85 bits per heavy atom. The van der Waals surface area contributed by atoms with Crippen molar-refractivity contribution in [3.05, 3.63) is 35.4 Å². The first-order chi connectivity index (χ1) is 9.39. The van der Waals surface area contributed by atoms with Gasteiger partial charge < -0.3 is 0 Å². The molecule has 2 heteroatoms. The molecule has 2 fully saturated rings. The maximum absolute atomic E-state index is 9.02. The van der Waals surface area contributed by atoms with Crippen molar-refractivity contribution in [3.63, 3.8) is 0 Å². The first-order valence-electron chi connectivity index (χ1n) is 7.62. The molecule has 3 rings (SSSR count). The molecule has 1 aromatic rings. The van der Waals surface area contributed by atoms with E-state index in [1.54, 1.807) is 0 Å². The summed E-state index contributed by atoms with van der Waals surface area (Å²) in [5.41, 5.74) is 3.01. The molecule has 0 amide bonds. The van der Waals surface area contributed by atoms with Crippen LogP contribution < -0.4 is 0 Å². The van der Waals surface area contributed by atoms with Crippen LogP contribution in [0.15, 0.2) is 24.3 Å². The van der Waals surface area contributed by atoms with Crippen molar-refractivity contribution in [1.82, 2.24) is 4.90 Å². The van der Waals surface area contributed by atoms with E-state index >= 15 is 0 Å². The molecule has 1 heterocycles. The third kappa shape index (κ3) is 2.60. The lowest BCUT2D eigenvalue weighted by Crippen LogP contribution is -2.34. The van der Waals surface area contributed by atoms with Crippen LogP contribution in [0.1, 0.15) is 51.2 Å². The maximum atomic E-state index is 9.02. The van der Waals surface area contributed by atoms with E-state index in [0.717, 1.165) is 18.2 Å². The summed E-state index contributed by atoms with van der Waals surface area (Å²) in [5, 5.41) is 9.02. The van der Waals surface area contributed by atoms with E-state index in [9.17, 15) is 0 Å². The fourth-order valence-corrected chi connectivity index (χ4v) is 4.74. The molecular weight excluding hydrogens is 244 g/mol. The van der Waals surface area contributed by atoms with Crippen molar-refractivity contribution < 1.29 is 0 Å². The number of likely N-dealkylation sites (tertiary alicyclic amines) is 1. The molecule has 1 aliphatic heterocycles. The smallest absolute Gasteiger partial charge is 0.0991 e. The van der Waals surface area contributed by atoms with Gasteiger partial charge in [-0.1, -0.05) is 32.9 Å². The molecule has 0 radical (unpaired) electrons. The minimum atomic E-state index is 0.473. The van der Waals surface area contributed by atoms with E-state index in [1.807, 2.05) is 18.2 Å². The van der Waals surface area contributed by atoms with Gasteiger partial charge in [-0.15, -0.1) is 0 Å². The largest absolute Gasteiger partial charge is 0.296 e. The van der Waals surface area contributed by atoms with Crippen LogP contribution in [0.4, 0.5) is 0 Å². The highest BCUT2D eigenvalue weighted by atomic mass is 15.2. The molecule has 2 atom stereocenters. The zero-order chi connectivity index (χ0) is 14.4. The Bertz CT molecular complexity index is 555. The standard InChI is InChI=1S/C18H24N2/c1-17(2)8-16-9-18(3,12-17)13-20(16)11-15-6-4-5-14(7-15)10-19/h4-7,16H,8-9,11-13H2,1-3H3. The number of nitrogens with zero attached hydrogens (tertiary/aromatic N) is 2. The summed E-state index contributed by atoms with van der Waals surface area (Å²) in [4.78, 5) is 2.64. The molecule has 2 bridgehead atoms. The average molecular weight is 268 g/mol. The van der Waals surface area contributed by atoms with Crippen molar-refractivity contribution in [1.29, 1.82) is 5.26 Å². The summed E-state index contributed by atoms with van der Waals surface area (Å²) in [6.45, 7) is 9.48. The third-order valence-electron chi connectivity index (χ3n) is 4.96. The molecule has 2 aliphatic rings. The maximum Gasteiger partial charge on any atom is 0.0991 e. The Morgan fingerprint density at radius 1 is 1.30 bits per heavy atom. The molecule has 20 heavy (non-hydrogen) atoms. The highest BCUT2D eigenvalue weighted by Crippen LogP contribution is 2.52. The number of benzene rings is 1. The highest BCUT2D eigenvalue weighted by Gasteiger charge is 2.49. The zero-order valence-corrected chi connectivity index (χ0v) is 12.8. The van der Waals surface area contributed by atoms with Gasteiger partial charge in [0.05, 0.1) is 11.6 Å². The van der Waals surface area contributed by atoms with Crippen molar-refractivity contribution in [3.8, 4) is 6.07 Å². The summed E-state index contributed by atoms with van der Waals surface area (Å²) in [5.74, 6) is 0. The van der Waals surface area contributed by atoms with Crippen molar-refractivity contribution >= 4 is 0 Å². The van der Waals surface area contributed by atoms with Gasteiger partial charge in [-0.25, -0.2) is 0 Å². The molecule has 0 aromatic heterocycles. The summed E-state index contributed by atoms with van der Waals surface area (Å²) >= 11 is 0. The van der Waals surface area contributed by atoms with Crippen LogP contribution in [0, 0.1) is 22.2 Å². The van der Waals surface area contributed by atoms with E-state index < -0.39 is 0 Å². The van der Waals surface area contributed by atoms with Crippen LogP contribution in [-0.4, -0.2) is 17.5 Å². The van der Waals surface area contributed by atoms with Crippen LogP contribution in [0.2, 0.25) is 0 Å². The second-order valence-electron chi connectivity index (χ2n) is 7.93. The van der Waals surface area contributed by atoms with Gasteiger partial charge in [0.2, 0.25) is 0 Å². The second kappa shape index (κ2) is 4.60. The lowest BCUT2D eigenvalue weighted by Gasteiger charge is -2.40. The number of rotatable bonds is 2. The normalized spacial score (nSPS) is 32.0. The Morgan fingerprint density at radius 2 is 2.10 bits per heavy atom. The summed E-state index contributed by atoms with van der Waals surface area (Å²) in [7, 11) is 0. The average Bonchev–Trinajstić information content (AvgIpc) is 2.58. The minimum Gasteiger partial charge on any atom is -0.296 e. The van der Waals surface area contributed by atoms with Crippen molar-refractivity contribution in [2.45, 2.75) is 52.6 Å². The van der Waals surface area contributed by atoms with Crippen LogP contribution in [0.3, 0.4) is 0 Å². The molecule has 2 nitrogen and oxygen atoms in total. The lowest BCUT2D eigenvalue weighted by atomic mass is 9.65. The predicted octanol–water partition coefficient (Wildman–Crippen LogP) is 3.96. The highest BCUT2D eigenvalue weighted by molar-refractivity contribution is 5.32. The molecular formula is C18H24N2. The number of fused-ring (bicyclic) bond motifs is 2. The molecule has 1 aliphatic carbocycles. The van der Waals surface area contributed by atoms with Gasteiger partial charge in [0, 0.05) is 19.1 Å². The quantitative estimate of drug-likeness (QED) is 0.812. The molecule has 1 saturated heterocycles. The van der Waals surface area contributed by atoms with E-state index in [2.05, 4.69) is 37.8 Å². The SMILES string of the molecule is CC1(C)CC2CC(C)(CN2Cc2cccc(C#N)c2)C1. The van der Waals surface area contributed by atoms with E-state index in [0.29, 0.717) is 10.8 Å². The fourth-order valence-electron chi connectivity index (χ4n) is 4.74. The van der Waals surface area contributed by atoms with Gasteiger partial charge in [-0.2, -0.15) is 5.26 Å². The molecule has 0 N–H and O–H groups in total. The van der Waals surface area contributed by atoms with Crippen LogP contribution in [0.5, 0.6) is 0 Å². The second-order valence-corrected chi connectivity index (χ2v) is 7.93. The zero-order valence-electron chi connectivity index (χ0n) is 12.8. The summed E-state index contributed by atoms with van der Waals surface area (Å²) < 4.78 is 0. The number of hydrogen-bond acceptors (Lipinski definition) is 2. The Balaban J connectivity index is 1.78. The van der Waals surface area contributed by atoms with Crippen LogP contribution in [0.25, 0.3) is 0 Å². The minimum absolute atomic E-state index is 0.473. The van der Waals surface area contributed by atoms with Gasteiger partial charge in [-0.3, -0.25) is 4.90 Å². The van der Waals surface area contributed by atoms with Gasteiger partial charge in [0.15, 0.2) is 0 Å². The number of nitriles is 1. The first kappa shape index (κ1) is 13.6. The summed E-state index contributed by atoms with van der Waals surface area (Å²) in [6.07, 6.45) is 3.99. The molecule has 106 valence electrons. The van der Waals surface area contributed by atoms with E-state index in [-0.39, 0.29) is 0 Å². The topological polar surface area (TPSA) is 27.0 Å². The Kier molecular flexibility index (Phi) is 3.14. The van der Waals surface area contributed by atoms with Gasteiger partial charge >= 0.3 is 0 Å². The molecule has 0 spiro atoms. The Labute approximate surface area is 122 Å². The molecule has 1 aromatic carbocycles. The van der Waals surface area contributed by atoms with Crippen LogP contribution >= 0.6 is 0 Å². The van der Waals surface area contributed by atoms with Crippen molar-refractivity contribution in [2.24, 2.45) is 10.8 Å². The summed E-state index contributed by atoms with van der Waals surface area (Å²) in [6, 6.07) is 11.0. The fraction of sp³-hybridized carbons (Fsp3) is 0.611. The van der Waals surface area contributed by atoms with Crippen LogP contribution in [-0.2, 0) is 6.54 Å². The lowest BCUT2D eigenvalue weighted by molar-refractivity contribution is 0.126. The van der Waals surface area contributed by atoms with Crippen molar-refractivity contribution in [2.75, 3.05) is 6.54 Å². The third-order valence-corrected chi connectivity index (χ3v) is 4.96. The molecule has 1 saturated carbocycles. The van der Waals surface area contributed by atoms with E-state index in [4.69, 9.17) is 5.26 Å². The predicted molar refractivity (Wildman–Crippen MR) is 81.1 cm³/mol. The monoisotopic (exact) mass is 268 g/mol. The van der Waals surface area contributed by atoms with Gasteiger partial charge in [0.25, 0.3) is 0 Å². The Hall–Kier alpha value is -1.33. The first-order valence-corrected chi connectivity index (χ1v) is 7.62.